The number of hydrogen-bond donors (Lipinski definition) is 1. The molecule has 0 saturated carbocycles. The molecule has 0 radical (unpaired) electrons. The lowest BCUT2D eigenvalue weighted by atomic mass is 9.99. The molecule has 2 aromatic rings. The Morgan fingerprint density at radius 3 is 2.76 bits per heavy atom. The smallest absolute Gasteiger partial charge is 0.122 e. The van der Waals surface area contributed by atoms with Gasteiger partial charge in [-0.2, -0.15) is 0 Å². The van der Waals surface area contributed by atoms with E-state index in [1.807, 2.05) is 36.1 Å². The predicted molar refractivity (Wildman–Crippen MR) is 83.6 cm³/mol. The monoisotopic (exact) mass is 288 g/mol. The van der Waals surface area contributed by atoms with Crippen LogP contribution in [0.4, 0.5) is 0 Å². The van der Waals surface area contributed by atoms with Crippen LogP contribution in [-0.4, -0.2) is 35.2 Å². The molecule has 5 nitrogen and oxygen atoms in total. The largest absolute Gasteiger partial charge is 0.380 e. The van der Waals surface area contributed by atoms with Gasteiger partial charge in [-0.05, 0) is 18.2 Å². The van der Waals surface area contributed by atoms with Crippen LogP contribution in [-0.2, 0) is 24.9 Å². The van der Waals surface area contributed by atoms with Gasteiger partial charge in [-0.15, -0.1) is 0 Å². The minimum atomic E-state index is 0.146. The Hall–Kier alpha value is -1.69. The van der Waals surface area contributed by atoms with Crippen LogP contribution in [0.3, 0.4) is 0 Å². The Morgan fingerprint density at radius 1 is 1.38 bits per heavy atom. The molecule has 0 bridgehead atoms. The summed E-state index contributed by atoms with van der Waals surface area (Å²) < 4.78 is 7.33. The normalized spacial score (nSPS) is 12.8. The second-order valence-electron chi connectivity index (χ2n) is 5.25. The van der Waals surface area contributed by atoms with Crippen LogP contribution in [0.15, 0.2) is 36.7 Å². The van der Waals surface area contributed by atoms with Crippen molar-refractivity contribution in [1.82, 2.24) is 14.5 Å². The second kappa shape index (κ2) is 7.36. The lowest BCUT2D eigenvalue weighted by Crippen LogP contribution is -2.31. The molecule has 1 heterocycles. The molecule has 5 heteroatoms. The van der Waals surface area contributed by atoms with Crippen molar-refractivity contribution in [3.63, 3.8) is 0 Å². The maximum atomic E-state index is 6.03. The molecule has 1 atom stereocenters. The highest BCUT2D eigenvalue weighted by molar-refractivity contribution is 5.30. The van der Waals surface area contributed by atoms with Crippen molar-refractivity contribution < 1.29 is 4.74 Å². The maximum absolute atomic E-state index is 6.03. The minimum Gasteiger partial charge on any atom is -0.380 e. The fourth-order valence-corrected chi connectivity index (χ4v) is 2.57. The average Bonchev–Trinajstić information content (AvgIpc) is 2.87. The first kappa shape index (κ1) is 15.7. The van der Waals surface area contributed by atoms with E-state index < -0.39 is 0 Å². The van der Waals surface area contributed by atoms with Crippen molar-refractivity contribution >= 4 is 0 Å². The van der Waals surface area contributed by atoms with E-state index in [4.69, 9.17) is 10.5 Å². The van der Waals surface area contributed by atoms with Gasteiger partial charge in [0.25, 0.3) is 0 Å². The zero-order chi connectivity index (χ0) is 15.2. The van der Waals surface area contributed by atoms with Crippen LogP contribution in [0, 0.1) is 0 Å². The summed E-state index contributed by atoms with van der Waals surface area (Å²) in [6.07, 6.45) is 3.78. The van der Waals surface area contributed by atoms with Crippen LogP contribution < -0.4 is 5.73 Å². The molecule has 21 heavy (non-hydrogen) atoms. The van der Waals surface area contributed by atoms with E-state index in [-0.39, 0.29) is 6.04 Å². The van der Waals surface area contributed by atoms with E-state index in [0.29, 0.717) is 13.2 Å². The molecular weight excluding hydrogens is 264 g/mol. The van der Waals surface area contributed by atoms with Crippen molar-refractivity contribution in [2.75, 3.05) is 20.7 Å². The van der Waals surface area contributed by atoms with Gasteiger partial charge in [0, 0.05) is 39.1 Å². The number of benzene rings is 1. The van der Waals surface area contributed by atoms with Crippen molar-refractivity contribution in [2.24, 2.45) is 12.8 Å². The van der Waals surface area contributed by atoms with Crippen molar-refractivity contribution in [1.29, 1.82) is 0 Å². The average molecular weight is 288 g/mol. The van der Waals surface area contributed by atoms with Crippen LogP contribution in [0.1, 0.15) is 23.0 Å². The lowest BCUT2D eigenvalue weighted by molar-refractivity contribution is 0.179. The summed E-state index contributed by atoms with van der Waals surface area (Å²) in [7, 11) is 5.80. The van der Waals surface area contributed by atoms with Crippen molar-refractivity contribution in [3.05, 3.63) is 53.6 Å². The quantitative estimate of drug-likeness (QED) is 0.842. The fraction of sp³-hybridized carbons (Fsp3) is 0.438. The fourth-order valence-electron chi connectivity index (χ4n) is 2.57. The van der Waals surface area contributed by atoms with E-state index in [2.05, 4.69) is 29.1 Å². The number of imidazole rings is 1. The number of nitrogens with zero attached hydrogens (tertiary/aromatic N) is 3. The van der Waals surface area contributed by atoms with Gasteiger partial charge in [-0.25, -0.2) is 4.98 Å². The van der Waals surface area contributed by atoms with E-state index in [0.717, 1.165) is 12.4 Å². The van der Waals surface area contributed by atoms with Gasteiger partial charge < -0.3 is 15.0 Å². The SMILES string of the molecule is COCc1ccccc1C(CN)N(C)Cc1nccn1C. The molecule has 0 saturated heterocycles. The molecule has 1 unspecified atom stereocenters. The highest BCUT2D eigenvalue weighted by atomic mass is 16.5. The number of ether oxygens (including phenoxy) is 1. The summed E-state index contributed by atoms with van der Waals surface area (Å²) in [6, 6.07) is 8.44. The van der Waals surface area contributed by atoms with Crippen molar-refractivity contribution in [3.8, 4) is 0 Å². The summed E-state index contributed by atoms with van der Waals surface area (Å²) in [5.41, 5.74) is 8.43. The molecule has 0 aliphatic heterocycles. The van der Waals surface area contributed by atoms with Gasteiger partial charge in [0.05, 0.1) is 13.2 Å². The Bertz CT molecular complexity index is 567. The summed E-state index contributed by atoms with van der Waals surface area (Å²) in [5, 5.41) is 0. The number of methoxy groups -OCH3 is 1. The number of nitrogens with two attached hydrogens (primary N) is 1. The van der Waals surface area contributed by atoms with Crippen LogP contribution in [0.2, 0.25) is 0 Å². The first-order chi connectivity index (χ1) is 10.2. The van der Waals surface area contributed by atoms with E-state index >= 15 is 0 Å². The Balaban J connectivity index is 2.21. The van der Waals surface area contributed by atoms with Crippen LogP contribution in [0.5, 0.6) is 0 Å². The number of rotatable bonds is 7. The first-order valence-corrected chi connectivity index (χ1v) is 7.10. The van der Waals surface area contributed by atoms with Crippen LogP contribution >= 0.6 is 0 Å². The molecule has 2 rings (SSSR count). The Morgan fingerprint density at radius 2 is 2.14 bits per heavy atom. The maximum Gasteiger partial charge on any atom is 0.122 e. The zero-order valence-corrected chi connectivity index (χ0v) is 13.0. The van der Waals surface area contributed by atoms with Gasteiger partial charge in [0.2, 0.25) is 0 Å². The molecule has 0 spiro atoms. The Labute approximate surface area is 126 Å². The topological polar surface area (TPSA) is 56.3 Å². The molecule has 0 aliphatic carbocycles. The van der Waals surface area contributed by atoms with Crippen LogP contribution in [0.25, 0.3) is 0 Å². The molecule has 0 amide bonds. The highest BCUT2D eigenvalue weighted by Gasteiger charge is 2.19. The van der Waals surface area contributed by atoms with E-state index in [1.54, 1.807) is 7.11 Å². The third kappa shape index (κ3) is 3.69. The van der Waals surface area contributed by atoms with Gasteiger partial charge in [-0.1, -0.05) is 24.3 Å². The van der Waals surface area contributed by atoms with Gasteiger partial charge in [0.15, 0.2) is 0 Å². The number of hydrogen-bond acceptors (Lipinski definition) is 4. The first-order valence-electron chi connectivity index (χ1n) is 7.10. The third-order valence-corrected chi connectivity index (χ3v) is 3.78. The highest BCUT2D eigenvalue weighted by Crippen LogP contribution is 2.24. The predicted octanol–water partition coefficient (Wildman–Crippen LogP) is 1.70. The number of aryl methyl sites for hydroxylation is 1. The van der Waals surface area contributed by atoms with Crippen molar-refractivity contribution in [2.45, 2.75) is 19.2 Å². The second-order valence-corrected chi connectivity index (χ2v) is 5.25. The number of likely N-dealkylation sites (N-methyl/N-ethyl adjacent to an activating group) is 1. The molecule has 0 fully saturated rings. The third-order valence-electron chi connectivity index (χ3n) is 3.78. The molecular formula is C16H24N4O. The zero-order valence-electron chi connectivity index (χ0n) is 13.0. The minimum absolute atomic E-state index is 0.146. The van der Waals surface area contributed by atoms with Gasteiger partial charge >= 0.3 is 0 Å². The summed E-state index contributed by atoms with van der Waals surface area (Å²) in [4.78, 5) is 6.61. The molecule has 2 N–H and O–H groups in total. The standard InChI is InChI=1S/C16H24N4O/c1-19-9-8-18-16(19)11-20(2)15(10-17)14-7-5-4-6-13(14)12-21-3/h4-9,15H,10-12,17H2,1-3H3. The van der Waals surface area contributed by atoms with Gasteiger partial charge in [0.1, 0.15) is 5.82 Å². The van der Waals surface area contributed by atoms with E-state index in [1.165, 1.54) is 11.1 Å². The number of aromatic nitrogens is 2. The lowest BCUT2D eigenvalue weighted by Gasteiger charge is -2.28. The molecule has 114 valence electrons. The van der Waals surface area contributed by atoms with Gasteiger partial charge in [-0.3, -0.25) is 4.90 Å². The summed E-state index contributed by atoms with van der Waals surface area (Å²) >= 11 is 0. The Kier molecular flexibility index (Phi) is 5.50. The molecule has 1 aromatic carbocycles. The summed E-state index contributed by atoms with van der Waals surface area (Å²) in [5.74, 6) is 1.03. The molecule has 0 aliphatic rings. The van der Waals surface area contributed by atoms with E-state index in [9.17, 15) is 0 Å². The molecule has 1 aromatic heterocycles. The summed E-state index contributed by atoms with van der Waals surface area (Å²) in [6.45, 7) is 1.91.